The van der Waals surface area contributed by atoms with Crippen molar-refractivity contribution in [2.24, 2.45) is 0 Å². The number of thiophene rings is 1. The molecule has 0 saturated heterocycles. The number of aliphatic carboxylic acids is 1. The van der Waals surface area contributed by atoms with E-state index in [4.69, 9.17) is 5.11 Å². The van der Waals surface area contributed by atoms with Crippen LogP contribution in [0.2, 0.25) is 0 Å². The summed E-state index contributed by atoms with van der Waals surface area (Å²) in [7, 11) is 0. The summed E-state index contributed by atoms with van der Waals surface area (Å²) in [5.74, 6) is -1.58. The lowest BCUT2D eigenvalue weighted by atomic mass is 10.2. The molecule has 7 nitrogen and oxygen atoms in total. The summed E-state index contributed by atoms with van der Waals surface area (Å²) >= 11 is 1.50. The van der Waals surface area contributed by atoms with Crippen LogP contribution in [0.1, 0.15) is 24.6 Å². The van der Waals surface area contributed by atoms with Crippen molar-refractivity contribution in [1.29, 1.82) is 0 Å². The van der Waals surface area contributed by atoms with Crippen molar-refractivity contribution in [3.05, 3.63) is 22.4 Å². The van der Waals surface area contributed by atoms with E-state index in [0.29, 0.717) is 19.4 Å². The topological polar surface area (TPSA) is 108 Å². The number of halogens is 1. The van der Waals surface area contributed by atoms with Gasteiger partial charge in [-0.2, -0.15) is 0 Å². The molecule has 0 aliphatic carbocycles. The third-order valence-electron chi connectivity index (χ3n) is 2.64. The molecule has 0 aliphatic heterocycles. The Morgan fingerprint density at radius 1 is 1.36 bits per heavy atom. The number of imide groups is 1. The quantitative estimate of drug-likeness (QED) is 0.566. The molecule has 124 valence electrons. The molecule has 0 fully saturated rings. The van der Waals surface area contributed by atoms with Crippen molar-refractivity contribution in [2.45, 2.75) is 32.4 Å². The minimum atomic E-state index is -1.01. The lowest BCUT2D eigenvalue weighted by molar-refractivity contribution is -0.139. The first-order valence-electron chi connectivity index (χ1n) is 6.59. The van der Waals surface area contributed by atoms with Gasteiger partial charge < -0.3 is 10.4 Å². The van der Waals surface area contributed by atoms with E-state index in [2.05, 4.69) is 16.0 Å². The van der Waals surface area contributed by atoms with Gasteiger partial charge in [0.05, 0.1) is 13.1 Å². The van der Waals surface area contributed by atoms with E-state index in [1.165, 1.54) is 11.3 Å². The van der Waals surface area contributed by atoms with Crippen LogP contribution in [-0.4, -0.2) is 35.6 Å². The molecule has 22 heavy (non-hydrogen) atoms. The number of carboxylic acid groups (broad SMARTS) is 1. The average molecular weight is 350 g/mol. The SMILES string of the molecule is CCCC(NCC(=O)NC(=O)NCc1cccs1)C(=O)O.Cl. The Hall–Kier alpha value is -1.64. The Bertz CT molecular complexity index is 482. The van der Waals surface area contributed by atoms with Crippen LogP contribution >= 0.6 is 23.7 Å². The Morgan fingerprint density at radius 2 is 2.09 bits per heavy atom. The van der Waals surface area contributed by atoms with E-state index < -0.39 is 23.9 Å². The third kappa shape index (κ3) is 7.96. The Balaban J connectivity index is 0.00000441. The van der Waals surface area contributed by atoms with Crippen LogP contribution in [0.25, 0.3) is 0 Å². The molecule has 0 bridgehead atoms. The molecule has 1 heterocycles. The summed E-state index contributed by atoms with van der Waals surface area (Å²) in [5.41, 5.74) is 0. The number of urea groups is 1. The van der Waals surface area contributed by atoms with Crippen LogP contribution in [0.4, 0.5) is 4.79 Å². The second kappa shape index (κ2) is 11.0. The van der Waals surface area contributed by atoms with Crippen LogP contribution in [0.3, 0.4) is 0 Å². The number of hydrogen-bond acceptors (Lipinski definition) is 5. The zero-order valence-corrected chi connectivity index (χ0v) is 13.8. The lowest BCUT2D eigenvalue weighted by Crippen LogP contribution is -2.46. The minimum absolute atomic E-state index is 0. The molecule has 9 heteroatoms. The average Bonchev–Trinajstić information content (AvgIpc) is 2.94. The number of carboxylic acids is 1. The molecule has 1 rings (SSSR count). The highest BCUT2D eigenvalue weighted by Crippen LogP contribution is 2.06. The van der Waals surface area contributed by atoms with Crippen LogP contribution in [0.15, 0.2) is 17.5 Å². The van der Waals surface area contributed by atoms with Gasteiger partial charge in [0.15, 0.2) is 0 Å². The number of rotatable bonds is 8. The number of nitrogens with one attached hydrogen (secondary N) is 3. The van der Waals surface area contributed by atoms with Gasteiger partial charge in [-0.15, -0.1) is 23.7 Å². The summed E-state index contributed by atoms with van der Waals surface area (Å²) in [6.07, 6.45) is 1.11. The maximum Gasteiger partial charge on any atom is 0.321 e. The van der Waals surface area contributed by atoms with Gasteiger partial charge in [0, 0.05) is 4.88 Å². The second-order valence-electron chi connectivity index (χ2n) is 4.37. The van der Waals surface area contributed by atoms with Gasteiger partial charge in [-0.3, -0.25) is 20.2 Å². The van der Waals surface area contributed by atoms with Crippen molar-refractivity contribution < 1.29 is 19.5 Å². The van der Waals surface area contributed by atoms with Gasteiger partial charge in [0.2, 0.25) is 5.91 Å². The molecule has 3 amide bonds. The fraction of sp³-hybridized carbons (Fsp3) is 0.462. The second-order valence-corrected chi connectivity index (χ2v) is 5.40. The molecule has 0 radical (unpaired) electrons. The van der Waals surface area contributed by atoms with Gasteiger partial charge in [-0.05, 0) is 17.9 Å². The fourth-order valence-electron chi connectivity index (χ4n) is 1.61. The fourth-order valence-corrected chi connectivity index (χ4v) is 2.26. The smallest absolute Gasteiger partial charge is 0.321 e. The Labute approximate surface area is 138 Å². The van der Waals surface area contributed by atoms with E-state index in [1.807, 2.05) is 24.4 Å². The largest absolute Gasteiger partial charge is 0.480 e. The van der Waals surface area contributed by atoms with Crippen molar-refractivity contribution in [1.82, 2.24) is 16.0 Å². The molecule has 0 saturated carbocycles. The number of amides is 3. The molecule has 1 atom stereocenters. The predicted octanol–water partition coefficient (Wildman–Crippen LogP) is 1.34. The summed E-state index contributed by atoms with van der Waals surface area (Å²) in [6, 6.07) is 2.36. The summed E-state index contributed by atoms with van der Waals surface area (Å²) in [6.45, 7) is 1.98. The van der Waals surface area contributed by atoms with Crippen LogP contribution < -0.4 is 16.0 Å². The zero-order valence-electron chi connectivity index (χ0n) is 12.1. The van der Waals surface area contributed by atoms with Crippen LogP contribution in [0, 0.1) is 0 Å². The molecule has 0 spiro atoms. The highest BCUT2D eigenvalue weighted by Gasteiger charge is 2.17. The van der Waals surface area contributed by atoms with E-state index in [-0.39, 0.29) is 19.0 Å². The number of carbonyl (C=O) groups excluding carboxylic acids is 2. The third-order valence-corrected chi connectivity index (χ3v) is 3.52. The van der Waals surface area contributed by atoms with Crippen molar-refractivity contribution in [2.75, 3.05) is 6.54 Å². The summed E-state index contributed by atoms with van der Waals surface area (Å²) in [4.78, 5) is 34.9. The van der Waals surface area contributed by atoms with Crippen LogP contribution in [0.5, 0.6) is 0 Å². The first-order valence-corrected chi connectivity index (χ1v) is 7.47. The summed E-state index contributed by atoms with van der Waals surface area (Å²) < 4.78 is 0. The molecule has 1 aromatic rings. The molecule has 0 aromatic carbocycles. The van der Waals surface area contributed by atoms with Gasteiger partial charge in [-0.1, -0.05) is 19.4 Å². The molecule has 1 unspecified atom stereocenters. The van der Waals surface area contributed by atoms with Gasteiger partial charge >= 0.3 is 12.0 Å². The Kier molecular flexibility index (Phi) is 10.2. The number of hydrogen-bond donors (Lipinski definition) is 4. The first kappa shape index (κ1) is 20.4. The highest BCUT2D eigenvalue weighted by atomic mass is 35.5. The maximum absolute atomic E-state index is 11.5. The molecule has 0 aliphatic rings. The predicted molar refractivity (Wildman–Crippen MR) is 86.3 cm³/mol. The van der Waals surface area contributed by atoms with Crippen LogP contribution in [-0.2, 0) is 16.1 Å². The molecule has 4 N–H and O–H groups in total. The highest BCUT2D eigenvalue weighted by molar-refractivity contribution is 7.09. The lowest BCUT2D eigenvalue weighted by Gasteiger charge is -2.13. The standard InChI is InChI=1S/C13H19N3O4S.ClH/c1-2-4-10(12(18)19)14-8-11(17)16-13(20)15-7-9-5-3-6-21-9;/h3,5-6,10,14H,2,4,7-8H2,1H3,(H,18,19)(H2,15,16,17,20);1H. The van der Waals surface area contributed by atoms with Gasteiger partial charge in [0.1, 0.15) is 6.04 Å². The van der Waals surface area contributed by atoms with E-state index in [9.17, 15) is 14.4 Å². The molecular formula is C13H20ClN3O4S. The maximum atomic E-state index is 11.5. The zero-order chi connectivity index (χ0) is 15.7. The normalized spacial score (nSPS) is 11.1. The monoisotopic (exact) mass is 349 g/mol. The minimum Gasteiger partial charge on any atom is -0.480 e. The molecule has 1 aromatic heterocycles. The van der Waals surface area contributed by atoms with Crippen molar-refractivity contribution in [3.63, 3.8) is 0 Å². The first-order chi connectivity index (χ1) is 10.0. The van der Waals surface area contributed by atoms with E-state index in [0.717, 1.165) is 4.88 Å². The summed E-state index contributed by atoms with van der Waals surface area (Å²) in [5, 5.41) is 18.1. The van der Waals surface area contributed by atoms with Crippen molar-refractivity contribution in [3.8, 4) is 0 Å². The van der Waals surface area contributed by atoms with Gasteiger partial charge in [0.25, 0.3) is 0 Å². The van der Waals surface area contributed by atoms with E-state index in [1.54, 1.807) is 0 Å². The van der Waals surface area contributed by atoms with Gasteiger partial charge in [-0.25, -0.2) is 4.79 Å². The Morgan fingerprint density at radius 3 is 2.64 bits per heavy atom. The molecular weight excluding hydrogens is 330 g/mol. The van der Waals surface area contributed by atoms with E-state index >= 15 is 0 Å². The van der Waals surface area contributed by atoms with Crippen molar-refractivity contribution >= 4 is 41.7 Å². The number of carbonyl (C=O) groups is 3.